The number of nitrogens with zero attached hydrogens (tertiary/aromatic N) is 2. The zero-order chi connectivity index (χ0) is 12.3. The molecule has 0 unspecified atom stereocenters. The average molecular weight is 254 g/mol. The third kappa shape index (κ3) is 3.35. The molecule has 2 rings (SSSR count). The van der Waals surface area contributed by atoms with Gasteiger partial charge >= 0.3 is 0 Å². The van der Waals surface area contributed by atoms with Crippen molar-refractivity contribution in [3.05, 3.63) is 28.8 Å². The summed E-state index contributed by atoms with van der Waals surface area (Å²) in [6, 6.07) is 5.93. The molecule has 0 radical (unpaired) electrons. The molecule has 1 fully saturated rings. The van der Waals surface area contributed by atoms with Crippen molar-refractivity contribution in [3.63, 3.8) is 0 Å². The van der Waals surface area contributed by atoms with Crippen LogP contribution in [0.4, 0.5) is 5.69 Å². The summed E-state index contributed by atoms with van der Waals surface area (Å²) < 4.78 is 0. The predicted molar refractivity (Wildman–Crippen MR) is 73.3 cm³/mol. The van der Waals surface area contributed by atoms with Crippen molar-refractivity contribution in [1.29, 1.82) is 0 Å². The molecule has 1 aromatic carbocycles. The molecule has 1 saturated heterocycles. The van der Waals surface area contributed by atoms with Crippen LogP contribution in [0.25, 0.3) is 0 Å². The standard InChI is InChI=1S/C13H20ClN3/c1-2-16-5-7-17(8-6-16)10-11-3-4-13(15)12(14)9-11/h3-4,9H,2,5-8,10,15H2,1H3. The lowest BCUT2D eigenvalue weighted by atomic mass is 10.2. The number of nitrogen functional groups attached to an aromatic ring is 1. The van der Waals surface area contributed by atoms with Crippen molar-refractivity contribution >= 4 is 17.3 Å². The van der Waals surface area contributed by atoms with Crippen molar-refractivity contribution in [1.82, 2.24) is 9.80 Å². The molecule has 94 valence electrons. The van der Waals surface area contributed by atoms with E-state index in [1.807, 2.05) is 12.1 Å². The SMILES string of the molecule is CCN1CCN(Cc2ccc(N)c(Cl)c2)CC1. The van der Waals surface area contributed by atoms with E-state index in [9.17, 15) is 0 Å². The van der Waals surface area contributed by atoms with Gasteiger partial charge in [0.2, 0.25) is 0 Å². The van der Waals surface area contributed by atoms with Crippen LogP contribution >= 0.6 is 11.6 Å². The Hall–Kier alpha value is -0.770. The van der Waals surface area contributed by atoms with E-state index in [-0.39, 0.29) is 0 Å². The highest BCUT2D eigenvalue weighted by molar-refractivity contribution is 6.33. The number of benzene rings is 1. The number of nitrogens with two attached hydrogens (primary N) is 1. The molecule has 1 aliphatic rings. The second-order valence-corrected chi connectivity index (χ2v) is 4.97. The summed E-state index contributed by atoms with van der Waals surface area (Å²) in [6.07, 6.45) is 0. The summed E-state index contributed by atoms with van der Waals surface area (Å²) in [6.45, 7) is 8.94. The van der Waals surface area contributed by atoms with Crippen LogP contribution in [0, 0.1) is 0 Å². The van der Waals surface area contributed by atoms with Crippen molar-refractivity contribution in [2.24, 2.45) is 0 Å². The smallest absolute Gasteiger partial charge is 0.0638 e. The maximum Gasteiger partial charge on any atom is 0.0638 e. The third-order valence-electron chi connectivity index (χ3n) is 3.38. The lowest BCUT2D eigenvalue weighted by Crippen LogP contribution is -2.45. The molecule has 0 bridgehead atoms. The van der Waals surface area contributed by atoms with E-state index in [1.54, 1.807) is 0 Å². The number of piperazine rings is 1. The Morgan fingerprint density at radius 2 is 1.82 bits per heavy atom. The van der Waals surface area contributed by atoms with Gasteiger partial charge in [-0.05, 0) is 24.2 Å². The van der Waals surface area contributed by atoms with Gasteiger partial charge in [-0.2, -0.15) is 0 Å². The predicted octanol–water partition coefficient (Wildman–Crippen LogP) is 2.06. The van der Waals surface area contributed by atoms with Crippen molar-refractivity contribution < 1.29 is 0 Å². The monoisotopic (exact) mass is 253 g/mol. The Labute approximate surface area is 108 Å². The van der Waals surface area contributed by atoms with Crippen LogP contribution in [-0.4, -0.2) is 42.5 Å². The first-order chi connectivity index (χ1) is 8.19. The molecule has 17 heavy (non-hydrogen) atoms. The van der Waals surface area contributed by atoms with Gasteiger partial charge in [-0.25, -0.2) is 0 Å². The van der Waals surface area contributed by atoms with Crippen molar-refractivity contribution in [2.75, 3.05) is 38.5 Å². The van der Waals surface area contributed by atoms with Gasteiger partial charge in [0.15, 0.2) is 0 Å². The van der Waals surface area contributed by atoms with Gasteiger partial charge in [0, 0.05) is 32.7 Å². The molecule has 0 aliphatic carbocycles. The largest absolute Gasteiger partial charge is 0.398 e. The summed E-state index contributed by atoms with van der Waals surface area (Å²) in [5.74, 6) is 0. The lowest BCUT2D eigenvalue weighted by Gasteiger charge is -2.34. The van der Waals surface area contributed by atoms with Crippen molar-refractivity contribution in [3.8, 4) is 0 Å². The molecule has 2 N–H and O–H groups in total. The van der Waals surface area contributed by atoms with Gasteiger partial charge in [-0.15, -0.1) is 0 Å². The van der Waals surface area contributed by atoms with E-state index in [2.05, 4.69) is 22.8 Å². The van der Waals surface area contributed by atoms with Gasteiger partial charge in [0.05, 0.1) is 10.7 Å². The minimum Gasteiger partial charge on any atom is -0.398 e. The Morgan fingerprint density at radius 3 is 2.41 bits per heavy atom. The fourth-order valence-corrected chi connectivity index (χ4v) is 2.39. The van der Waals surface area contributed by atoms with Gasteiger partial charge in [-0.1, -0.05) is 24.6 Å². The summed E-state index contributed by atoms with van der Waals surface area (Å²) >= 11 is 6.03. The van der Waals surface area contributed by atoms with Crippen LogP contribution in [0.3, 0.4) is 0 Å². The average Bonchev–Trinajstić information content (AvgIpc) is 2.35. The van der Waals surface area contributed by atoms with Crippen LogP contribution in [0.5, 0.6) is 0 Å². The van der Waals surface area contributed by atoms with E-state index in [0.29, 0.717) is 10.7 Å². The van der Waals surface area contributed by atoms with Gasteiger partial charge in [0.25, 0.3) is 0 Å². The van der Waals surface area contributed by atoms with Gasteiger partial charge in [0.1, 0.15) is 0 Å². The van der Waals surface area contributed by atoms with Gasteiger partial charge in [-0.3, -0.25) is 4.90 Å². The van der Waals surface area contributed by atoms with E-state index in [4.69, 9.17) is 17.3 Å². The quantitative estimate of drug-likeness (QED) is 0.837. The van der Waals surface area contributed by atoms with Gasteiger partial charge < -0.3 is 10.6 Å². The number of likely N-dealkylation sites (N-methyl/N-ethyl adjacent to an activating group) is 1. The fraction of sp³-hybridized carbons (Fsp3) is 0.538. The van der Waals surface area contributed by atoms with E-state index >= 15 is 0 Å². The molecule has 0 spiro atoms. The fourth-order valence-electron chi connectivity index (χ4n) is 2.19. The maximum absolute atomic E-state index is 6.03. The third-order valence-corrected chi connectivity index (χ3v) is 3.71. The van der Waals surface area contributed by atoms with E-state index in [1.165, 1.54) is 18.7 Å². The Bertz CT molecular complexity index is 373. The molecule has 1 aliphatic heterocycles. The highest BCUT2D eigenvalue weighted by Crippen LogP contribution is 2.20. The van der Waals surface area contributed by atoms with Crippen molar-refractivity contribution in [2.45, 2.75) is 13.5 Å². The first kappa shape index (κ1) is 12.7. The molecular weight excluding hydrogens is 234 g/mol. The zero-order valence-corrected chi connectivity index (χ0v) is 11.1. The minimum absolute atomic E-state index is 0.659. The van der Waals surface area contributed by atoms with Crippen LogP contribution in [0.2, 0.25) is 5.02 Å². The van der Waals surface area contributed by atoms with E-state index < -0.39 is 0 Å². The number of halogens is 1. The summed E-state index contributed by atoms with van der Waals surface area (Å²) in [7, 11) is 0. The maximum atomic E-state index is 6.03. The minimum atomic E-state index is 0.659. The molecule has 1 aromatic rings. The van der Waals surface area contributed by atoms with Crippen LogP contribution in [-0.2, 0) is 6.54 Å². The Kier molecular flexibility index (Phi) is 4.26. The molecule has 1 heterocycles. The second-order valence-electron chi connectivity index (χ2n) is 4.57. The molecule has 3 nitrogen and oxygen atoms in total. The number of hydrogen-bond acceptors (Lipinski definition) is 3. The Balaban J connectivity index is 1.91. The molecule has 0 saturated carbocycles. The van der Waals surface area contributed by atoms with E-state index in [0.717, 1.165) is 26.2 Å². The summed E-state index contributed by atoms with van der Waals surface area (Å²) in [5.41, 5.74) is 7.61. The first-order valence-electron chi connectivity index (χ1n) is 6.17. The number of rotatable bonds is 3. The highest BCUT2D eigenvalue weighted by atomic mass is 35.5. The van der Waals surface area contributed by atoms with Crippen LogP contribution in [0.1, 0.15) is 12.5 Å². The number of hydrogen-bond donors (Lipinski definition) is 1. The first-order valence-corrected chi connectivity index (χ1v) is 6.55. The normalized spacial score (nSPS) is 18.5. The second kappa shape index (κ2) is 5.71. The topological polar surface area (TPSA) is 32.5 Å². The highest BCUT2D eigenvalue weighted by Gasteiger charge is 2.15. The summed E-state index contributed by atoms with van der Waals surface area (Å²) in [5, 5.41) is 0.662. The molecule has 0 atom stereocenters. The summed E-state index contributed by atoms with van der Waals surface area (Å²) in [4.78, 5) is 4.94. The van der Waals surface area contributed by atoms with Crippen LogP contribution in [0.15, 0.2) is 18.2 Å². The number of anilines is 1. The molecular formula is C13H20ClN3. The molecule has 0 aromatic heterocycles. The lowest BCUT2D eigenvalue weighted by molar-refractivity contribution is 0.132. The molecule has 4 heteroatoms. The van der Waals surface area contributed by atoms with Crippen LogP contribution < -0.4 is 5.73 Å². The zero-order valence-electron chi connectivity index (χ0n) is 10.3. The Morgan fingerprint density at radius 1 is 1.18 bits per heavy atom. The molecule has 0 amide bonds.